The molecule has 3 aromatic heterocycles. The van der Waals surface area contributed by atoms with Gasteiger partial charge in [-0.05, 0) is 12.1 Å². The van der Waals surface area contributed by atoms with Gasteiger partial charge < -0.3 is 8.98 Å². The van der Waals surface area contributed by atoms with Gasteiger partial charge in [-0.25, -0.2) is 4.52 Å². The number of nitrogens with zero attached hydrogens (tertiary/aromatic N) is 3. The maximum absolute atomic E-state index is 5.73. The second-order valence-electron chi connectivity index (χ2n) is 3.49. The molecule has 0 atom stereocenters. The van der Waals surface area contributed by atoms with Crippen LogP contribution in [-0.2, 0) is 6.54 Å². The molecule has 0 radical (unpaired) electrons. The molecule has 0 fully saturated rings. The van der Waals surface area contributed by atoms with Gasteiger partial charge in [0.2, 0.25) is 0 Å². The maximum Gasteiger partial charge on any atom is 0.154 e. The fourth-order valence-corrected chi connectivity index (χ4v) is 1.94. The van der Waals surface area contributed by atoms with Crippen molar-refractivity contribution in [3.05, 3.63) is 36.9 Å². The molecule has 0 spiro atoms. The van der Waals surface area contributed by atoms with E-state index in [1.807, 2.05) is 35.1 Å². The zero-order valence-electron chi connectivity index (χ0n) is 8.51. The number of aromatic nitrogens is 3. The van der Waals surface area contributed by atoms with Gasteiger partial charge in [0.15, 0.2) is 5.76 Å². The molecular weight excluding hydrogens is 226 g/mol. The Bertz CT molecular complexity index is 594. The maximum atomic E-state index is 5.73. The van der Waals surface area contributed by atoms with Crippen LogP contribution in [0, 0.1) is 0 Å². The number of hydrogen-bond acceptors (Lipinski definition) is 2. The molecule has 0 aromatic carbocycles. The van der Waals surface area contributed by atoms with E-state index in [0.717, 1.165) is 23.6 Å². The van der Waals surface area contributed by atoms with Crippen molar-refractivity contribution in [2.24, 2.45) is 0 Å². The normalized spacial score (nSPS) is 11.3. The molecule has 5 heteroatoms. The molecule has 3 aromatic rings. The van der Waals surface area contributed by atoms with E-state index in [2.05, 4.69) is 9.67 Å². The van der Waals surface area contributed by atoms with E-state index in [1.54, 1.807) is 6.26 Å². The molecule has 82 valence electrons. The summed E-state index contributed by atoms with van der Waals surface area (Å²) in [7, 11) is 0. The third-order valence-electron chi connectivity index (χ3n) is 2.50. The number of alkyl halides is 1. The van der Waals surface area contributed by atoms with Crippen molar-refractivity contribution in [3.8, 4) is 11.5 Å². The van der Waals surface area contributed by atoms with Crippen molar-refractivity contribution in [2.75, 3.05) is 5.88 Å². The molecule has 0 saturated heterocycles. The van der Waals surface area contributed by atoms with E-state index in [9.17, 15) is 0 Å². The van der Waals surface area contributed by atoms with Gasteiger partial charge in [0, 0.05) is 30.9 Å². The summed E-state index contributed by atoms with van der Waals surface area (Å²) >= 11 is 5.73. The fraction of sp³-hybridized carbons (Fsp3) is 0.182. The minimum absolute atomic E-state index is 0.589. The lowest BCUT2D eigenvalue weighted by Crippen LogP contribution is -1.96. The third-order valence-corrected chi connectivity index (χ3v) is 2.67. The highest BCUT2D eigenvalue weighted by atomic mass is 35.5. The average molecular weight is 236 g/mol. The Kier molecular flexibility index (Phi) is 2.22. The van der Waals surface area contributed by atoms with Crippen LogP contribution in [-0.4, -0.2) is 20.1 Å². The first-order valence-corrected chi connectivity index (χ1v) is 5.56. The Morgan fingerprint density at radius 2 is 2.31 bits per heavy atom. The highest BCUT2D eigenvalue weighted by Crippen LogP contribution is 2.20. The van der Waals surface area contributed by atoms with Crippen LogP contribution in [0.4, 0.5) is 0 Å². The summed E-state index contributed by atoms with van der Waals surface area (Å²) in [5, 5.41) is 4.42. The van der Waals surface area contributed by atoms with Gasteiger partial charge in [-0.15, -0.1) is 11.6 Å². The first kappa shape index (κ1) is 9.54. The van der Waals surface area contributed by atoms with Crippen molar-refractivity contribution in [1.29, 1.82) is 0 Å². The predicted octanol–water partition coefficient (Wildman–Crippen LogP) is 2.63. The molecule has 0 aliphatic rings. The topological polar surface area (TPSA) is 35.4 Å². The molecule has 3 heterocycles. The number of furan rings is 1. The second kappa shape index (κ2) is 3.72. The number of hydrogen-bond donors (Lipinski definition) is 0. The van der Waals surface area contributed by atoms with E-state index in [1.165, 1.54) is 0 Å². The lowest BCUT2D eigenvalue weighted by Gasteiger charge is -1.96. The van der Waals surface area contributed by atoms with E-state index in [-0.39, 0.29) is 0 Å². The van der Waals surface area contributed by atoms with Crippen LogP contribution in [0.15, 0.2) is 41.3 Å². The van der Waals surface area contributed by atoms with Gasteiger partial charge in [-0.2, -0.15) is 5.10 Å². The molecule has 4 nitrogen and oxygen atoms in total. The summed E-state index contributed by atoms with van der Waals surface area (Å²) < 4.78 is 9.19. The van der Waals surface area contributed by atoms with Crippen LogP contribution in [0.25, 0.3) is 17.1 Å². The van der Waals surface area contributed by atoms with E-state index < -0.39 is 0 Å². The molecule has 0 unspecified atom stereocenters. The minimum Gasteiger partial charge on any atom is -0.463 e. The standard InChI is InChI=1S/C11H10ClN3O/c12-3-4-14-5-6-15-11(14)8-9(13-15)10-2-1-7-16-10/h1-2,5-8H,3-4H2. The zero-order valence-corrected chi connectivity index (χ0v) is 9.26. The number of imidazole rings is 1. The lowest BCUT2D eigenvalue weighted by atomic mass is 10.3. The summed E-state index contributed by atoms with van der Waals surface area (Å²) in [6, 6.07) is 5.74. The van der Waals surface area contributed by atoms with Crippen LogP contribution in [0.5, 0.6) is 0 Å². The molecule has 0 aliphatic heterocycles. The molecule has 0 amide bonds. The third kappa shape index (κ3) is 1.42. The molecular formula is C11H10ClN3O. The number of rotatable bonds is 3. The van der Waals surface area contributed by atoms with Crippen LogP contribution in [0.1, 0.15) is 0 Å². The van der Waals surface area contributed by atoms with E-state index in [4.69, 9.17) is 16.0 Å². The first-order chi connectivity index (χ1) is 7.88. The highest BCUT2D eigenvalue weighted by Gasteiger charge is 2.09. The van der Waals surface area contributed by atoms with Crippen molar-refractivity contribution >= 4 is 17.2 Å². The van der Waals surface area contributed by atoms with Crippen molar-refractivity contribution in [3.63, 3.8) is 0 Å². The Morgan fingerprint density at radius 1 is 1.38 bits per heavy atom. The number of fused-ring (bicyclic) bond motifs is 1. The monoisotopic (exact) mass is 235 g/mol. The number of halogens is 1. The van der Waals surface area contributed by atoms with Gasteiger partial charge in [0.05, 0.1) is 6.26 Å². The van der Waals surface area contributed by atoms with E-state index >= 15 is 0 Å². The van der Waals surface area contributed by atoms with Crippen LogP contribution >= 0.6 is 11.6 Å². The van der Waals surface area contributed by atoms with Gasteiger partial charge in [-0.1, -0.05) is 0 Å². The molecule has 16 heavy (non-hydrogen) atoms. The van der Waals surface area contributed by atoms with Crippen molar-refractivity contribution in [1.82, 2.24) is 14.2 Å². The number of aryl methyl sites for hydroxylation is 1. The molecule has 0 bridgehead atoms. The predicted molar refractivity (Wildman–Crippen MR) is 61.6 cm³/mol. The summed E-state index contributed by atoms with van der Waals surface area (Å²) in [5.41, 5.74) is 1.86. The Labute approximate surface area is 97.0 Å². The largest absolute Gasteiger partial charge is 0.463 e. The second-order valence-corrected chi connectivity index (χ2v) is 3.87. The SMILES string of the molecule is ClCCn1ccn2nc(-c3ccco3)cc12. The highest BCUT2D eigenvalue weighted by molar-refractivity contribution is 6.17. The average Bonchev–Trinajstić information content (AvgIpc) is 2.93. The Hall–Kier alpha value is -1.68. The Morgan fingerprint density at radius 3 is 3.06 bits per heavy atom. The summed E-state index contributed by atoms with van der Waals surface area (Å²) in [4.78, 5) is 0. The van der Waals surface area contributed by atoms with Gasteiger partial charge in [0.1, 0.15) is 11.3 Å². The van der Waals surface area contributed by atoms with Crippen LogP contribution < -0.4 is 0 Å². The minimum atomic E-state index is 0.589. The summed E-state index contributed by atoms with van der Waals surface area (Å²) in [6.07, 6.45) is 5.52. The molecule has 0 aliphatic carbocycles. The van der Waals surface area contributed by atoms with Crippen molar-refractivity contribution in [2.45, 2.75) is 6.54 Å². The zero-order chi connectivity index (χ0) is 11.0. The van der Waals surface area contributed by atoms with Gasteiger partial charge in [0.25, 0.3) is 0 Å². The van der Waals surface area contributed by atoms with E-state index in [0.29, 0.717) is 5.88 Å². The lowest BCUT2D eigenvalue weighted by molar-refractivity contribution is 0.579. The van der Waals surface area contributed by atoms with Crippen LogP contribution in [0.3, 0.4) is 0 Å². The molecule has 0 saturated carbocycles. The summed E-state index contributed by atoms with van der Waals surface area (Å²) in [6.45, 7) is 0.779. The Balaban J connectivity index is 2.09. The quantitative estimate of drug-likeness (QED) is 0.655. The smallest absolute Gasteiger partial charge is 0.154 e. The first-order valence-electron chi connectivity index (χ1n) is 5.03. The molecule has 0 N–H and O–H groups in total. The molecule has 3 rings (SSSR count). The van der Waals surface area contributed by atoms with Crippen LogP contribution in [0.2, 0.25) is 0 Å². The summed E-state index contributed by atoms with van der Waals surface area (Å²) in [5.74, 6) is 1.37. The van der Waals surface area contributed by atoms with Gasteiger partial charge in [-0.3, -0.25) is 0 Å². The van der Waals surface area contributed by atoms with Crippen molar-refractivity contribution < 1.29 is 4.42 Å². The fourth-order valence-electron chi connectivity index (χ4n) is 1.75. The van der Waals surface area contributed by atoms with Gasteiger partial charge >= 0.3 is 0 Å².